The SMILES string of the molecule is CC(NC(=O)c1ccc(Cl)cc1Cl)C(O)c1ccc(F)cc1. The van der Waals surface area contributed by atoms with E-state index in [0.29, 0.717) is 10.6 Å². The molecule has 116 valence electrons. The Labute approximate surface area is 137 Å². The maximum Gasteiger partial charge on any atom is 0.253 e. The molecule has 2 aromatic rings. The lowest BCUT2D eigenvalue weighted by Crippen LogP contribution is -2.37. The van der Waals surface area contributed by atoms with Gasteiger partial charge in [0.15, 0.2) is 0 Å². The zero-order chi connectivity index (χ0) is 16.3. The van der Waals surface area contributed by atoms with Crippen molar-refractivity contribution in [1.29, 1.82) is 0 Å². The van der Waals surface area contributed by atoms with Crippen molar-refractivity contribution >= 4 is 29.1 Å². The first-order chi connectivity index (χ1) is 10.4. The average molecular weight is 342 g/mol. The molecule has 0 bridgehead atoms. The van der Waals surface area contributed by atoms with Crippen LogP contribution in [0.15, 0.2) is 42.5 Å². The van der Waals surface area contributed by atoms with Gasteiger partial charge in [-0.05, 0) is 42.8 Å². The van der Waals surface area contributed by atoms with Crippen molar-refractivity contribution < 1.29 is 14.3 Å². The van der Waals surface area contributed by atoms with Crippen LogP contribution in [0, 0.1) is 5.82 Å². The van der Waals surface area contributed by atoms with Gasteiger partial charge in [-0.15, -0.1) is 0 Å². The number of amides is 1. The van der Waals surface area contributed by atoms with Crippen molar-refractivity contribution in [3.63, 3.8) is 0 Å². The Bertz CT molecular complexity index is 676. The number of aliphatic hydroxyl groups is 1. The summed E-state index contributed by atoms with van der Waals surface area (Å²) in [4.78, 5) is 12.2. The van der Waals surface area contributed by atoms with E-state index in [2.05, 4.69) is 5.32 Å². The van der Waals surface area contributed by atoms with E-state index in [4.69, 9.17) is 23.2 Å². The van der Waals surface area contributed by atoms with E-state index in [1.54, 1.807) is 13.0 Å². The van der Waals surface area contributed by atoms with Crippen molar-refractivity contribution in [3.8, 4) is 0 Å². The third-order valence-corrected chi connectivity index (χ3v) is 3.77. The van der Waals surface area contributed by atoms with Crippen molar-refractivity contribution in [2.75, 3.05) is 0 Å². The van der Waals surface area contributed by atoms with Gasteiger partial charge in [-0.1, -0.05) is 35.3 Å². The molecule has 6 heteroatoms. The number of benzene rings is 2. The van der Waals surface area contributed by atoms with Crippen LogP contribution in [0.4, 0.5) is 4.39 Å². The Morgan fingerprint density at radius 1 is 1.18 bits per heavy atom. The Kier molecular flexibility index (Phi) is 5.40. The fourth-order valence-corrected chi connectivity index (χ4v) is 2.48. The molecule has 2 aromatic carbocycles. The number of carbonyl (C=O) groups is 1. The molecular formula is C16H14Cl2FNO2. The van der Waals surface area contributed by atoms with Crippen molar-refractivity contribution in [3.05, 3.63) is 69.5 Å². The molecule has 2 atom stereocenters. The first kappa shape index (κ1) is 16.7. The third kappa shape index (κ3) is 3.97. The first-order valence-electron chi connectivity index (χ1n) is 6.58. The minimum atomic E-state index is -0.962. The minimum Gasteiger partial charge on any atom is -0.386 e. The summed E-state index contributed by atoms with van der Waals surface area (Å²) in [7, 11) is 0. The van der Waals surface area contributed by atoms with Gasteiger partial charge in [-0.2, -0.15) is 0 Å². The number of nitrogens with one attached hydrogen (secondary N) is 1. The zero-order valence-corrected chi connectivity index (χ0v) is 13.2. The summed E-state index contributed by atoms with van der Waals surface area (Å²) in [5.41, 5.74) is 0.778. The zero-order valence-electron chi connectivity index (χ0n) is 11.7. The van der Waals surface area contributed by atoms with E-state index in [1.165, 1.54) is 36.4 Å². The predicted octanol–water partition coefficient (Wildman–Crippen LogP) is 3.98. The van der Waals surface area contributed by atoms with E-state index >= 15 is 0 Å². The Morgan fingerprint density at radius 2 is 1.82 bits per heavy atom. The molecule has 0 fully saturated rings. The highest BCUT2D eigenvalue weighted by atomic mass is 35.5. The average Bonchev–Trinajstić information content (AvgIpc) is 2.47. The number of hydrogen-bond donors (Lipinski definition) is 2. The predicted molar refractivity (Wildman–Crippen MR) is 84.8 cm³/mol. The summed E-state index contributed by atoms with van der Waals surface area (Å²) in [6.45, 7) is 1.65. The third-order valence-electron chi connectivity index (χ3n) is 3.22. The molecule has 0 radical (unpaired) electrons. The van der Waals surface area contributed by atoms with E-state index < -0.39 is 18.1 Å². The molecule has 2 unspecified atom stereocenters. The highest BCUT2D eigenvalue weighted by Gasteiger charge is 2.20. The summed E-state index contributed by atoms with van der Waals surface area (Å²) in [5, 5.41) is 13.5. The second-order valence-corrected chi connectivity index (χ2v) is 5.73. The van der Waals surface area contributed by atoms with Gasteiger partial charge in [0.05, 0.1) is 22.7 Å². The molecule has 1 amide bonds. The maximum atomic E-state index is 12.9. The van der Waals surface area contributed by atoms with E-state index in [1.807, 2.05) is 0 Å². The Hall–Kier alpha value is -1.62. The highest BCUT2D eigenvalue weighted by Crippen LogP contribution is 2.22. The highest BCUT2D eigenvalue weighted by molar-refractivity contribution is 6.36. The topological polar surface area (TPSA) is 49.3 Å². The largest absolute Gasteiger partial charge is 0.386 e. The molecule has 0 spiro atoms. The Morgan fingerprint density at radius 3 is 2.41 bits per heavy atom. The second-order valence-electron chi connectivity index (χ2n) is 4.88. The molecule has 3 nitrogen and oxygen atoms in total. The molecule has 0 aliphatic carbocycles. The summed E-state index contributed by atoms with van der Waals surface area (Å²) < 4.78 is 12.9. The van der Waals surface area contributed by atoms with Gasteiger partial charge in [-0.3, -0.25) is 4.79 Å². The monoisotopic (exact) mass is 341 g/mol. The van der Waals surface area contributed by atoms with E-state index in [9.17, 15) is 14.3 Å². The van der Waals surface area contributed by atoms with Gasteiger partial charge >= 0.3 is 0 Å². The van der Waals surface area contributed by atoms with E-state index in [0.717, 1.165) is 0 Å². The fraction of sp³-hybridized carbons (Fsp3) is 0.188. The molecule has 0 saturated heterocycles. The van der Waals surface area contributed by atoms with Crippen LogP contribution in [-0.4, -0.2) is 17.1 Å². The lowest BCUT2D eigenvalue weighted by molar-refractivity contribution is 0.0852. The fourth-order valence-electron chi connectivity index (χ4n) is 1.99. The number of halogens is 3. The molecule has 0 aliphatic heterocycles. The lowest BCUT2D eigenvalue weighted by atomic mass is 10.0. The van der Waals surface area contributed by atoms with Gasteiger partial charge in [-0.25, -0.2) is 4.39 Å². The summed E-state index contributed by atoms with van der Waals surface area (Å²) in [6, 6.07) is 9.41. The van der Waals surface area contributed by atoms with Crippen LogP contribution < -0.4 is 5.32 Å². The standard InChI is InChI=1S/C16H14Cl2FNO2/c1-9(15(21)10-2-5-12(19)6-3-10)20-16(22)13-7-4-11(17)8-14(13)18/h2-9,15,21H,1H3,(H,20,22). The van der Waals surface area contributed by atoms with Crippen LogP contribution >= 0.6 is 23.2 Å². The van der Waals surface area contributed by atoms with Gasteiger partial charge in [0.1, 0.15) is 5.82 Å². The maximum absolute atomic E-state index is 12.9. The smallest absolute Gasteiger partial charge is 0.253 e. The van der Waals surface area contributed by atoms with Crippen LogP contribution in [0.2, 0.25) is 10.0 Å². The van der Waals surface area contributed by atoms with Gasteiger partial charge in [0.25, 0.3) is 5.91 Å². The number of hydrogen-bond acceptors (Lipinski definition) is 2. The molecule has 2 N–H and O–H groups in total. The molecule has 0 aromatic heterocycles. The van der Waals surface area contributed by atoms with Crippen LogP contribution in [0.3, 0.4) is 0 Å². The molecule has 0 aliphatic rings. The molecular weight excluding hydrogens is 328 g/mol. The van der Waals surface area contributed by atoms with Gasteiger partial charge in [0.2, 0.25) is 0 Å². The lowest BCUT2D eigenvalue weighted by Gasteiger charge is -2.21. The van der Waals surface area contributed by atoms with Crippen molar-refractivity contribution in [2.45, 2.75) is 19.1 Å². The van der Waals surface area contributed by atoms with Crippen molar-refractivity contribution in [2.24, 2.45) is 0 Å². The van der Waals surface area contributed by atoms with Crippen LogP contribution in [0.25, 0.3) is 0 Å². The van der Waals surface area contributed by atoms with Crippen molar-refractivity contribution in [1.82, 2.24) is 5.32 Å². The van der Waals surface area contributed by atoms with Crippen LogP contribution in [0.1, 0.15) is 28.9 Å². The summed E-state index contributed by atoms with van der Waals surface area (Å²) in [5.74, 6) is -0.809. The number of aliphatic hydroxyl groups excluding tert-OH is 1. The minimum absolute atomic E-state index is 0.230. The molecule has 0 saturated carbocycles. The first-order valence-corrected chi connectivity index (χ1v) is 7.33. The normalized spacial score (nSPS) is 13.5. The second kappa shape index (κ2) is 7.09. The number of rotatable bonds is 4. The molecule has 2 rings (SSSR count). The van der Waals surface area contributed by atoms with E-state index in [-0.39, 0.29) is 16.4 Å². The molecule has 0 heterocycles. The van der Waals surface area contributed by atoms with Crippen LogP contribution in [0.5, 0.6) is 0 Å². The quantitative estimate of drug-likeness (QED) is 0.883. The summed E-state index contributed by atoms with van der Waals surface area (Å²) in [6.07, 6.45) is -0.962. The van der Waals surface area contributed by atoms with Gasteiger partial charge in [0, 0.05) is 5.02 Å². The van der Waals surface area contributed by atoms with Crippen LogP contribution in [-0.2, 0) is 0 Å². The number of carbonyl (C=O) groups excluding carboxylic acids is 1. The molecule has 22 heavy (non-hydrogen) atoms. The van der Waals surface area contributed by atoms with Gasteiger partial charge < -0.3 is 10.4 Å². The Balaban J connectivity index is 2.08. The summed E-state index contributed by atoms with van der Waals surface area (Å²) >= 11 is 11.8.